The summed E-state index contributed by atoms with van der Waals surface area (Å²) in [6.45, 7) is 3.71. The highest BCUT2D eigenvalue weighted by molar-refractivity contribution is 5.78. The highest BCUT2D eigenvalue weighted by Gasteiger charge is 2.28. The van der Waals surface area contributed by atoms with Gasteiger partial charge in [0.25, 0.3) is 0 Å². The summed E-state index contributed by atoms with van der Waals surface area (Å²) >= 11 is 0. The minimum Gasteiger partial charge on any atom is -0.469 e. The Morgan fingerprint density at radius 2 is 2.07 bits per heavy atom. The minimum atomic E-state index is -1.24. The lowest BCUT2D eigenvalue weighted by Crippen LogP contribution is -2.43. The van der Waals surface area contributed by atoms with Gasteiger partial charge in [0, 0.05) is 13.1 Å². The third kappa shape index (κ3) is 4.75. The second-order valence-corrected chi connectivity index (χ2v) is 3.92. The molecule has 4 N–H and O–H groups in total. The van der Waals surface area contributed by atoms with Crippen molar-refractivity contribution < 1.29 is 19.4 Å². The van der Waals surface area contributed by atoms with Crippen molar-refractivity contribution in [1.82, 2.24) is 5.32 Å². The molecule has 0 aromatic rings. The lowest BCUT2D eigenvalue weighted by molar-refractivity contribution is -0.150. The van der Waals surface area contributed by atoms with Gasteiger partial charge in [0.2, 0.25) is 5.91 Å². The van der Waals surface area contributed by atoms with Crippen molar-refractivity contribution in [3.63, 3.8) is 0 Å². The number of primary amides is 1. The van der Waals surface area contributed by atoms with Gasteiger partial charge in [0.1, 0.15) is 6.10 Å². The number of carbonyl (C=O) groups excluding carboxylic acids is 2. The van der Waals surface area contributed by atoms with Crippen LogP contribution in [-0.2, 0) is 14.3 Å². The zero-order valence-corrected chi connectivity index (χ0v) is 9.24. The number of esters is 1. The molecule has 88 valence electrons. The predicted octanol–water partition coefficient (Wildman–Crippen LogP) is -1.38. The standard InChI is InChI=1S/C9H18N2O4/c1-9(2,8(14)15-3)5-11-4-6(12)7(10)13/h6,11-12H,4-5H2,1-3H3,(H2,10,13). The van der Waals surface area contributed by atoms with Crippen molar-refractivity contribution in [2.45, 2.75) is 20.0 Å². The van der Waals surface area contributed by atoms with Crippen LogP contribution in [-0.4, -0.2) is 43.3 Å². The van der Waals surface area contributed by atoms with Crippen LogP contribution in [0.15, 0.2) is 0 Å². The van der Waals surface area contributed by atoms with E-state index in [2.05, 4.69) is 10.1 Å². The number of aliphatic hydroxyl groups excluding tert-OH is 1. The number of hydrogen-bond acceptors (Lipinski definition) is 5. The van der Waals surface area contributed by atoms with E-state index in [0.29, 0.717) is 6.54 Å². The highest BCUT2D eigenvalue weighted by Crippen LogP contribution is 2.14. The normalized spacial score (nSPS) is 13.3. The fourth-order valence-electron chi connectivity index (χ4n) is 0.970. The molecule has 0 aliphatic rings. The molecule has 0 rings (SSSR count). The van der Waals surface area contributed by atoms with E-state index in [1.165, 1.54) is 7.11 Å². The molecule has 15 heavy (non-hydrogen) atoms. The number of carbonyl (C=O) groups is 2. The summed E-state index contributed by atoms with van der Waals surface area (Å²) in [7, 11) is 1.31. The van der Waals surface area contributed by atoms with Gasteiger partial charge >= 0.3 is 5.97 Å². The van der Waals surface area contributed by atoms with E-state index in [1.807, 2.05) is 0 Å². The highest BCUT2D eigenvalue weighted by atomic mass is 16.5. The van der Waals surface area contributed by atoms with Crippen LogP contribution in [0.3, 0.4) is 0 Å². The molecule has 0 spiro atoms. The number of rotatable bonds is 6. The molecule has 0 radical (unpaired) electrons. The van der Waals surface area contributed by atoms with E-state index in [4.69, 9.17) is 10.8 Å². The van der Waals surface area contributed by atoms with Crippen molar-refractivity contribution in [3.8, 4) is 0 Å². The zero-order valence-electron chi connectivity index (χ0n) is 9.24. The summed E-state index contributed by atoms with van der Waals surface area (Å²) in [5.41, 5.74) is 4.15. The van der Waals surface area contributed by atoms with Gasteiger partial charge in [0.05, 0.1) is 12.5 Å². The largest absolute Gasteiger partial charge is 0.469 e. The molecule has 0 aliphatic heterocycles. The third-order valence-electron chi connectivity index (χ3n) is 1.97. The van der Waals surface area contributed by atoms with E-state index >= 15 is 0 Å². The molecule has 0 aromatic carbocycles. The Bertz CT molecular complexity index is 240. The number of aliphatic hydroxyl groups is 1. The summed E-state index contributed by atoms with van der Waals surface area (Å²) < 4.78 is 4.59. The molecule has 1 amide bonds. The topological polar surface area (TPSA) is 102 Å². The summed E-state index contributed by atoms with van der Waals surface area (Å²) in [6.07, 6.45) is -1.24. The Hall–Kier alpha value is -1.14. The van der Waals surface area contributed by atoms with Crippen LogP contribution < -0.4 is 11.1 Å². The number of nitrogens with one attached hydrogen (secondary N) is 1. The van der Waals surface area contributed by atoms with E-state index in [-0.39, 0.29) is 12.5 Å². The van der Waals surface area contributed by atoms with Crippen LogP contribution in [0, 0.1) is 5.41 Å². The molecule has 0 saturated heterocycles. The number of ether oxygens (including phenoxy) is 1. The Morgan fingerprint density at radius 1 is 1.53 bits per heavy atom. The molecule has 0 bridgehead atoms. The van der Waals surface area contributed by atoms with Gasteiger partial charge in [0.15, 0.2) is 0 Å². The molecule has 1 unspecified atom stereocenters. The van der Waals surface area contributed by atoms with Gasteiger partial charge in [-0.3, -0.25) is 9.59 Å². The molecular formula is C9H18N2O4. The van der Waals surface area contributed by atoms with Gasteiger partial charge < -0.3 is 20.9 Å². The van der Waals surface area contributed by atoms with Crippen molar-refractivity contribution in [2.24, 2.45) is 11.1 Å². The lowest BCUT2D eigenvalue weighted by Gasteiger charge is -2.22. The fraction of sp³-hybridized carbons (Fsp3) is 0.778. The number of nitrogens with two attached hydrogens (primary N) is 1. The SMILES string of the molecule is COC(=O)C(C)(C)CNCC(O)C(N)=O. The smallest absolute Gasteiger partial charge is 0.312 e. The Balaban J connectivity index is 3.95. The van der Waals surface area contributed by atoms with E-state index in [9.17, 15) is 9.59 Å². The van der Waals surface area contributed by atoms with Crippen LogP contribution in [0.5, 0.6) is 0 Å². The Morgan fingerprint density at radius 3 is 2.47 bits per heavy atom. The molecule has 0 aromatic heterocycles. The van der Waals surface area contributed by atoms with Crippen LogP contribution in [0.4, 0.5) is 0 Å². The average Bonchev–Trinajstić information content (AvgIpc) is 2.15. The number of amides is 1. The minimum absolute atomic E-state index is 0.0236. The van der Waals surface area contributed by atoms with Gasteiger partial charge in [-0.15, -0.1) is 0 Å². The van der Waals surface area contributed by atoms with E-state index in [1.54, 1.807) is 13.8 Å². The number of hydrogen-bond donors (Lipinski definition) is 3. The van der Waals surface area contributed by atoms with Gasteiger partial charge in [-0.1, -0.05) is 0 Å². The Kier molecular flexibility index (Phi) is 5.24. The van der Waals surface area contributed by atoms with Crippen molar-refractivity contribution in [2.75, 3.05) is 20.2 Å². The second kappa shape index (κ2) is 5.67. The second-order valence-electron chi connectivity index (χ2n) is 3.92. The summed E-state index contributed by atoms with van der Waals surface area (Å²) in [5.74, 6) is -1.15. The third-order valence-corrected chi connectivity index (χ3v) is 1.97. The summed E-state index contributed by atoms with van der Waals surface area (Å²) in [6, 6.07) is 0. The lowest BCUT2D eigenvalue weighted by atomic mass is 9.94. The predicted molar refractivity (Wildman–Crippen MR) is 53.9 cm³/mol. The van der Waals surface area contributed by atoms with Crippen molar-refractivity contribution >= 4 is 11.9 Å². The van der Waals surface area contributed by atoms with Crippen LogP contribution in [0.1, 0.15) is 13.8 Å². The van der Waals surface area contributed by atoms with Crippen molar-refractivity contribution in [3.05, 3.63) is 0 Å². The molecule has 0 aliphatic carbocycles. The first-order chi connectivity index (χ1) is 6.81. The molecule has 0 heterocycles. The summed E-state index contributed by atoms with van der Waals surface area (Å²) in [5, 5.41) is 11.8. The first-order valence-electron chi connectivity index (χ1n) is 4.58. The first kappa shape index (κ1) is 13.9. The van der Waals surface area contributed by atoms with Crippen LogP contribution in [0.25, 0.3) is 0 Å². The average molecular weight is 218 g/mol. The fourth-order valence-corrected chi connectivity index (χ4v) is 0.970. The van der Waals surface area contributed by atoms with Crippen LogP contribution >= 0.6 is 0 Å². The Labute approximate surface area is 88.8 Å². The molecule has 1 atom stereocenters. The number of methoxy groups -OCH3 is 1. The zero-order chi connectivity index (χ0) is 12.1. The quantitative estimate of drug-likeness (QED) is 0.477. The van der Waals surface area contributed by atoms with E-state index in [0.717, 1.165) is 0 Å². The molecule has 6 nitrogen and oxygen atoms in total. The molecular weight excluding hydrogens is 200 g/mol. The van der Waals surface area contributed by atoms with Gasteiger partial charge in [-0.25, -0.2) is 0 Å². The van der Waals surface area contributed by atoms with Crippen molar-refractivity contribution in [1.29, 1.82) is 0 Å². The molecule has 6 heteroatoms. The van der Waals surface area contributed by atoms with Crippen LogP contribution in [0.2, 0.25) is 0 Å². The first-order valence-corrected chi connectivity index (χ1v) is 4.58. The maximum atomic E-state index is 11.2. The van der Waals surface area contributed by atoms with Gasteiger partial charge in [-0.05, 0) is 13.8 Å². The monoisotopic (exact) mass is 218 g/mol. The maximum Gasteiger partial charge on any atom is 0.312 e. The maximum absolute atomic E-state index is 11.2. The van der Waals surface area contributed by atoms with Gasteiger partial charge in [-0.2, -0.15) is 0 Å². The summed E-state index contributed by atoms with van der Waals surface area (Å²) in [4.78, 5) is 21.7. The molecule has 0 saturated carbocycles. The molecule has 0 fully saturated rings. The van der Waals surface area contributed by atoms with E-state index < -0.39 is 17.4 Å².